The maximum Gasteiger partial charge on any atom is 0.192 e. The van der Waals surface area contributed by atoms with Gasteiger partial charge in [0, 0.05) is 33.7 Å². The SMILES string of the molecule is CN=C(N)NCOCCC1CCC(CNC)(Oc2cc(CCC=CC(=O)CCc3ccc(O)c(OC)c3)cc(NC(N)=NC)c2O)C1. The second-order valence-electron chi connectivity index (χ2n) is 11.7. The van der Waals surface area contributed by atoms with E-state index in [1.807, 2.05) is 25.3 Å². The number of aryl methyl sites for hydroxylation is 2. The van der Waals surface area contributed by atoms with Gasteiger partial charge in [-0.3, -0.25) is 14.8 Å². The number of likely N-dealkylation sites (N-methyl/N-ethyl adjacent to an activating group) is 1. The number of nitrogens with two attached hydrogens (primary N) is 2. The van der Waals surface area contributed by atoms with E-state index in [4.69, 9.17) is 25.7 Å². The Bertz CT molecular complexity index is 1410. The molecule has 3 rings (SSSR count). The van der Waals surface area contributed by atoms with Crippen LogP contribution in [0.5, 0.6) is 23.0 Å². The van der Waals surface area contributed by atoms with Gasteiger partial charge >= 0.3 is 0 Å². The molecule has 0 aliphatic heterocycles. The van der Waals surface area contributed by atoms with Gasteiger partial charge in [-0.2, -0.15) is 0 Å². The molecular formula is C34H51N7O6. The Morgan fingerprint density at radius 1 is 1.09 bits per heavy atom. The van der Waals surface area contributed by atoms with Crippen LogP contribution in [0, 0.1) is 5.92 Å². The van der Waals surface area contributed by atoms with E-state index in [0.717, 1.165) is 36.8 Å². The summed E-state index contributed by atoms with van der Waals surface area (Å²) in [5.74, 6) is 1.67. The van der Waals surface area contributed by atoms with Crippen LogP contribution in [0.25, 0.3) is 0 Å². The third kappa shape index (κ3) is 11.7. The van der Waals surface area contributed by atoms with Crippen LogP contribution < -0.4 is 36.9 Å². The molecule has 1 fully saturated rings. The lowest BCUT2D eigenvalue weighted by atomic mass is 9.97. The molecule has 0 spiro atoms. The smallest absolute Gasteiger partial charge is 0.192 e. The van der Waals surface area contributed by atoms with Gasteiger partial charge in [-0.25, -0.2) is 0 Å². The number of hydrogen-bond acceptors (Lipinski definition) is 9. The number of nitrogens with zero attached hydrogens (tertiary/aromatic N) is 2. The molecule has 13 heteroatoms. The number of carbonyl (C=O) groups excluding carboxylic acids is 1. The number of ketones is 1. The van der Waals surface area contributed by atoms with Crippen molar-refractivity contribution in [2.24, 2.45) is 27.4 Å². The van der Waals surface area contributed by atoms with Crippen molar-refractivity contribution in [1.29, 1.82) is 0 Å². The number of phenols is 2. The Morgan fingerprint density at radius 2 is 1.85 bits per heavy atom. The summed E-state index contributed by atoms with van der Waals surface area (Å²) in [5, 5.41) is 30.1. The van der Waals surface area contributed by atoms with Crippen molar-refractivity contribution in [3.05, 3.63) is 53.6 Å². The Labute approximate surface area is 277 Å². The molecule has 0 bridgehead atoms. The van der Waals surface area contributed by atoms with Gasteiger partial charge in [0.15, 0.2) is 40.7 Å². The van der Waals surface area contributed by atoms with Crippen LogP contribution in [0.2, 0.25) is 0 Å². The monoisotopic (exact) mass is 653 g/mol. The lowest BCUT2D eigenvalue weighted by molar-refractivity contribution is -0.114. The molecular weight excluding hydrogens is 602 g/mol. The van der Waals surface area contributed by atoms with Crippen LogP contribution in [-0.4, -0.2) is 81.7 Å². The van der Waals surface area contributed by atoms with Crippen LogP contribution >= 0.6 is 0 Å². The molecule has 0 heterocycles. The first-order chi connectivity index (χ1) is 22.6. The van der Waals surface area contributed by atoms with Crippen LogP contribution in [0.4, 0.5) is 5.69 Å². The highest BCUT2D eigenvalue weighted by molar-refractivity contribution is 5.94. The Morgan fingerprint density at radius 3 is 2.57 bits per heavy atom. The van der Waals surface area contributed by atoms with E-state index in [1.54, 1.807) is 38.4 Å². The normalized spacial score (nSPS) is 18.4. The number of phenolic OH excluding ortho intramolecular Hbond substituents is 2. The first-order valence-electron chi connectivity index (χ1n) is 15.9. The largest absolute Gasteiger partial charge is 0.504 e. The highest BCUT2D eigenvalue weighted by atomic mass is 16.5. The minimum atomic E-state index is -0.511. The van der Waals surface area contributed by atoms with E-state index in [1.165, 1.54) is 7.11 Å². The van der Waals surface area contributed by atoms with E-state index in [2.05, 4.69) is 25.9 Å². The van der Waals surface area contributed by atoms with Crippen molar-refractivity contribution >= 4 is 23.4 Å². The number of allylic oxidation sites excluding steroid dienone is 2. The Balaban J connectivity index is 1.65. The van der Waals surface area contributed by atoms with E-state index < -0.39 is 5.60 Å². The fourth-order valence-corrected chi connectivity index (χ4v) is 5.68. The van der Waals surface area contributed by atoms with Crippen molar-refractivity contribution in [2.45, 2.75) is 57.0 Å². The Kier molecular flexibility index (Phi) is 14.6. The van der Waals surface area contributed by atoms with Crippen molar-refractivity contribution < 1.29 is 29.2 Å². The van der Waals surface area contributed by atoms with E-state index >= 15 is 0 Å². The van der Waals surface area contributed by atoms with E-state index in [9.17, 15) is 15.0 Å². The zero-order chi connectivity index (χ0) is 34.2. The summed E-state index contributed by atoms with van der Waals surface area (Å²) in [7, 11) is 6.56. The summed E-state index contributed by atoms with van der Waals surface area (Å²) in [6.07, 6.45) is 9.00. The van der Waals surface area contributed by atoms with Crippen molar-refractivity contribution in [2.75, 3.05) is 53.5 Å². The van der Waals surface area contributed by atoms with Crippen LogP contribution in [0.15, 0.2) is 52.5 Å². The zero-order valence-electron chi connectivity index (χ0n) is 28.0. The lowest BCUT2D eigenvalue weighted by Crippen LogP contribution is -2.42. The molecule has 2 unspecified atom stereocenters. The van der Waals surface area contributed by atoms with Crippen LogP contribution in [-0.2, 0) is 22.4 Å². The van der Waals surface area contributed by atoms with Gasteiger partial charge in [0.2, 0.25) is 0 Å². The molecule has 13 nitrogen and oxygen atoms in total. The fourth-order valence-electron chi connectivity index (χ4n) is 5.68. The summed E-state index contributed by atoms with van der Waals surface area (Å²) < 4.78 is 17.5. The number of rotatable bonds is 18. The predicted octanol–water partition coefficient (Wildman–Crippen LogP) is 3.19. The first-order valence-corrected chi connectivity index (χ1v) is 15.9. The van der Waals surface area contributed by atoms with Gasteiger partial charge < -0.3 is 51.8 Å². The third-order valence-corrected chi connectivity index (χ3v) is 8.21. The van der Waals surface area contributed by atoms with E-state index in [-0.39, 0.29) is 23.2 Å². The second kappa shape index (κ2) is 18.6. The Hall–Kier alpha value is -4.49. The van der Waals surface area contributed by atoms with Gasteiger partial charge in [0.1, 0.15) is 12.3 Å². The molecule has 2 aromatic carbocycles. The minimum absolute atomic E-state index is 0.00597. The molecule has 0 saturated heterocycles. The van der Waals surface area contributed by atoms with Crippen LogP contribution in [0.1, 0.15) is 49.7 Å². The number of anilines is 1. The first kappa shape index (κ1) is 37.0. The average Bonchev–Trinajstić information content (AvgIpc) is 3.46. The summed E-state index contributed by atoms with van der Waals surface area (Å²) in [5.41, 5.74) is 13.3. The number of nitrogens with one attached hydrogen (secondary N) is 3. The number of aliphatic imine (C=N–C) groups is 2. The zero-order valence-corrected chi connectivity index (χ0v) is 28.0. The molecule has 0 aromatic heterocycles. The quantitative estimate of drug-likeness (QED) is 0.0311. The maximum atomic E-state index is 12.5. The fraction of sp³-hybridized carbons (Fsp3) is 0.500. The van der Waals surface area contributed by atoms with Crippen molar-refractivity contribution in [3.63, 3.8) is 0 Å². The molecule has 0 radical (unpaired) electrons. The van der Waals surface area contributed by atoms with Crippen LogP contribution in [0.3, 0.4) is 0 Å². The molecule has 1 aliphatic rings. The number of aromatic hydroxyl groups is 2. The van der Waals surface area contributed by atoms with Gasteiger partial charge in [0.25, 0.3) is 0 Å². The molecule has 9 N–H and O–H groups in total. The van der Waals surface area contributed by atoms with Crippen molar-refractivity contribution in [1.82, 2.24) is 10.6 Å². The van der Waals surface area contributed by atoms with Crippen molar-refractivity contribution in [3.8, 4) is 23.0 Å². The molecule has 1 saturated carbocycles. The number of ether oxygens (including phenoxy) is 3. The number of carbonyl (C=O) groups is 1. The standard InChI is InChI=1S/C34H51N7O6/c1-37-21-34(15-13-24(20-34)14-16-46-22-40-32(35)38-2)47-30-19-25(17-27(31(30)44)41-33(36)39-3)7-5-6-8-26(42)11-9-23-10-12-28(43)29(18-23)45-4/h6,8,10,12,17-19,24,37,43-44H,5,7,9,11,13-16,20-22H2,1-4H3,(H3,35,38,40)(H3,36,39,41). The van der Waals surface area contributed by atoms with Gasteiger partial charge in [0.05, 0.1) is 12.8 Å². The summed E-state index contributed by atoms with van der Waals surface area (Å²) in [4.78, 5) is 20.3. The molecule has 1 aliphatic carbocycles. The third-order valence-electron chi connectivity index (χ3n) is 8.21. The number of guanidine groups is 2. The summed E-state index contributed by atoms with van der Waals surface area (Å²) in [6, 6.07) is 8.75. The van der Waals surface area contributed by atoms with E-state index in [0.29, 0.717) is 74.6 Å². The topological polar surface area (TPSA) is 198 Å². The number of benzene rings is 2. The molecule has 2 atom stereocenters. The summed E-state index contributed by atoms with van der Waals surface area (Å²) >= 11 is 0. The minimum Gasteiger partial charge on any atom is -0.504 e. The highest BCUT2D eigenvalue weighted by Crippen LogP contribution is 2.44. The second-order valence-corrected chi connectivity index (χ2v) is 11.7. The number of methoxy groups -OCH3 is 1. The molecule has 2 aromatic rings. The number of hydrogen-bond donors (Lipinski definition) is 7. The lowest BCUT2D eigenvalue weighted by Gasteiger charge is -2.31. The van der Waals surface area contributed by atoms with Gasteiger partial charge in [-0.05, 0) is 99.4 Å². The molecule has 0 amide bonds. The van der Waals surface area contributed by atoms with Gasteiger partial charge in [-0.1, -0.05) is 12.1 Å². The molecule has 47 heavy (non-hydrogen) atoms. The van der Waals surface area contributed by atoms with Gasteiger partial charge in [-0.15, -0.1) is 0 Å². The highest BCUT2D eigenvalue weighted by Gasteiger charge is 2.41. The maximum absolute atomic E-state index is 12.5. The molecule has 258 valence electrons. The predicted molar refractivity (Wildman–Crippen MR) is 185 cm³/mol. The summed E-state index contributed by atoms with van der Waals surface area (Å²) in [6.45, 7) is 1.49. The average molecular weight is 654 g/mol.